The summed E-state index contributed by atoms with van der Waals surface area (Å²) in [6.07, 6.45) is 2.03. The molecular formula is C29H32N4O5. The molecule has 9 heteroatoms. The summed E-state index contributed by atoms with van der Waals surface area (Å²) in [7, 11) is 4.55. The van der Waals surface area contributed by atoms with Crippen molar-refractivity contribution in [2.45, 2.75) is 18.8 Å². The van der Waals surface area contributed by atoms with Gasteiger partial charge in [-0.3, -0.25) is 4.90 Å². The minimum absolute atomic E-state index is 0.00440. The van der Waals surface area contributed by atoms with Crippen LogP contribution in [0, 0.1) is 17.2 Å². The van der Waals surface area contributed by atoms with Gasteiger partial charge in [-0.15, -0.1) is 0 Å². The number of allylic oxidation sites excluding steroid dienone is 1. The molecule has 1 fully saturated rings. The molecule has 1 atom stereocenters. The van der Waals surface area contributed by atoms with Gasteiger partial charge in [0.05, 0.1) is 49.6 Å². The summed E-state index contributed by atoms with van der Waals surface area (Å²) in [5.74, 6) is -1.64. The number of hydrogen-bond donors (Lipinski definition) is 1. The lowest BCUT2D eigenvalue weighted by Crippen LogP contribution is -2.41. The molecule has 2 aliphatic rings. The van der Waals surface area contributed by atoms with Gasteiger partial charge in [0.1, 0.15) is 17.3 Å². The largest absolute Gasteiger partial charge is 0.491 e. The fourth-order valence-corrected chi connectivity index (χ4v) is 4.96. The van der Waals surface area contributed by atoms with Crippen molar-refractivity contribution in [1.82, 2.24) is 4.90 Å². The fourth-order valence-electron chi connectivity index (χ4n) is 4.96. The maximum Gasteiger partial charge on any atom is 0.355 e. The van der Waals surface area contributed by atoms with E-state index in [0.717, 1.165) is 25.9 Å². The van der Waals surface area contributed by atoms with Gasteiger partial charge in [0.15, 0.2) is 0 Å². The predicted molar refractivity (Wildman–Crippen MR) is 142 cm³/mol. The highest BCUT2D eigenvalue weighted by atomic mass is 16.5. The molecule has 2 aromatic carbocycles. The monoisotopic (exact) mass is 516 g/mol. The third-order valence-corrected chi connectivity index (χ3v) is 7.03. The number of methoxy groups -OCH3 is 2. The van der Waals surface area contributed by atoms with Crippen LogP contribution in [0.4, 0.5) is 5.69 Å². The number of para-hydroxylation sites is 2. The van der Waals surface area contributed by atoms with Crippen molar-refractivity contribution in [1.29, 1.82) is 5.26 Å². The van der Waals surface area contributed by atoms with Gasteiger partial charge in [-0.1, -0.05) is 42.5 Å². The summed E-state index contributed by atoms with van der Waals surface area (Å²) in [5.41, 5.74) is 7.60. The van der Waals surface area contributed by atoms with Crippen molar-refractivity contribution in [3.63, 3.8) is 0 Å². The Morgan fingerprint density at radius 2 is 1.63 bits per heavy atom. The first-order chi connectivity index (χ1) is 18.4. The number of ether oxygens (including phenoxy) is 3. The van der Waals surface area contributed by atoms with E-state index in [2.05, 4.69) is 18.0 Å². The van der Waals surface area contributed by atoms with Crippen molar-refractivity contribution < 1.29 is 23.8 Å². The molecule has 1 unspecified atom stereocenters. The molecule has 38 heavy (non-hydrogen) atoms. The lowest BCUT2D eigenvalue weighted by atomic mass is 9.81. The van der Waals surface area contributed by atoms with Gasteiger partial charge >= 0.3 is 11.9 Å². The molecule has 0 spiro atoms. The molecule has 2 heterocycles. The number of esters is 2. The van der Waals surface area contributed by atoms with Gasteiger partial charge in [0.2, 0.25) is 0 Å². The van der Waals surface area contributed by atoms with E-state index in [-0.39, 0.29) is 22.7 Å². The Labute approximate surface area is 222 Å². The minimum atomic E-state index is -0.925. The number of benzene rings is 2. The lowest BCUT2D eigenvalue weighted by molar-refractivity contribution is -0.139. The van der Waals surface area contributed by atoms with Crippen molar-refractivity contribution >= 4 is 17.6 Å². The van der Waals surface area contributed by atoms with Gasteiger partial charge in [-0.25, -0.2) is 9.59 Å². The Kier molecular flexibility index (Phi) is 8.34. The van der Waals surface area contributed by atoms with Crippen LogP contribution in [-0.4, -0.2) is 57.8 Å². The van der Waals surface area contributed by atoms with Gasteiger partial charge in [0.25, 0.3) is 0 Å². The molecule has 2 N–H and O–H groups in total. The molecule has 0 aromatic heterocycles. The topological polar surface area (TPSA) is 118 Å². The number of rotatable bonds is 7. The van der Waals surface area contributed by atoms with E-state index in [4.69, 9.17) is 19.9 Å². The van der Waals surface area contributed by atoms with E-state index in [1.54, 1.807) is 42.5 Å². The van der Waals surface area contributed by atoms with Crippen molar-refractivity contribution in [2.75, 3.05) is 45.9 Å². The Hall–Kier alpha value is -4.29. The number of carbonyl (C=O) groups is 2. The average molecular weight is 517 g/mol. The molecule has 0 amide bonds. The number of carbonyl (C=O) groups excluding carboxylic acids is 2. The van der Waals surface area contributed by atoms with E-state index in [0.29, 0.717) is 29.5 Å². The Balaban J connectivity index is 1.86. The first-order valence-corrected chi connectivity index (χ1v) is 12.5. The number of nitrogens with two attached hydrogens (primary N) is 1. The third-order valence-electron chi connectivity index (χ3n) is 7.03. The summed E-state index contributed by atoms with van der Waals surface area (Å²) in [6, 6.07) is 18.2. The SMILES string of the molecule is COC(=O)C1=C(C(=O)OC)N(c2ccccc2OCC2CCN(C)CC2)C(N)=C(C#N)C1c1ccccc1. The molecule has 0 bridgehead atoms. The second-order valence-corrected chi connectivity index (χ2v) is 9.36. The van der Waals surface area contributed by atoms with E-state index in [9.17, 15) is 14.9 Å². The standard InChI is InChI=1S/C29H32N4O5/c1-32-15-13-19(14-16-32)18-38-23-12-8-7-11-22(23)33-26(29(35)37-3)25(28(34)36-2)24(21(17-30)27(33)31)20-9-5-4-6-10-20/h4-12,19,24H,13-16,18,31H2,1-3H3. The van der Waals surface area contributed by atoms with Crippen LogP contribution in [0.2, 0.25) is 0 Å². The first-order valence-electron chi connectivity index (χ1n) is 12.5. The zero-order valence-corrected chi connectivity index (χ0v) is 21.8. The zero-order chi connectivity index (χ0) is 27.2. The molecule has 2 aromatic rings. The van der Waals surface area contributed by atoms with Crippen LogP contribution in [-0.2, 0) is 19.1 Å². The molecule has 9 nitrogen and oxygen atoms in total. The summed E-state index contributed by atoms with van der Waals surface area (Å²) < 4.78 is 16.5. The second-order valence-electron chi connectivity index (χ2n) is 9.36. The van der Waals surface area contributed by atoms with Crippen LogP contribution in [0.3, 0.4) is 0 Å². The summed E-state index contributed by atoms with van der Waals surface area (Å²) in [5, 5.41) is 10.2. The van der Waals surface area contributed by atoms with Crippen LogP contribution in [0.15, 0.2) is 77.3 Å². The summed E-state index contributed by atoms with van der Waals surface area (Å²) in [6.45, 7) is 2.49. The van der Waals surface area contributed by atoms with Crippen molar-refractivity contribution in [3.8, 4) is 11.8 Å². The normalized spacial score (nSPS) is 18.7. The predicted octanol–water partition coefficient (Wildman–Crippen LogP) is 3.30. The highest BCUT2D eigenvalue weighted by Crippen LogP contribution is 2.45. The third kappa shape index (κ3) is 5.22. The summed E-state index contributed by atoms with van der Waals surface area (Å²) in [4.78, 5) is 30.2. The van der Waals surface area contributed by atoms with Crippen LogP contribution < -0.4 is 15.4 Å². The zero-order valence-electron chi connectivity index (χ0n) is 21.8. The lowest BCUT2D eigenvalue weighted by Gasteiger charge is -2.36. The van der Waals surface area contributed by atoms with Gasteiger partial charge in [-0.05, 0) is 56.6 Å². The molecular weight excluding hydrogens is 484 g/mol. The maximum atomic E-state index is 13.3. The Morgan fingerprint density at radius 3 is 2.26 bits per heavy atom. The molecule has 198 valence electrons. The highest BCUT2D eigenvalue weighted by Gasteiger charge is 2.43. The molecule has 4 rings (SSSR count). The van der Waals surface area contributed by atoms with E-state index < -0.39 is 17.9 Å². The Bertz CT molecular complexity index is 1290. The average Bonchev–Trinajstić information content (AvgIpc) is 2.96. The number of nitrogens with zero attached hydrogens (tertiary/aromatic N) is 3. The maximum absolute atomic E-state index is 13.3. The molecule has 0 radical (unpaired) electrons. The molecule has 0 aliphatic carbocycles. The number of likely N-dealkylation sites (tertiary alicyclic amines) is 1. The minimum Gasteiger partial charge on any atom is -0.491 e. The van der Waals surface area contributed by atoms with Crippen LogP contribution in [0.1, 0.15) is 24.3 Å². The van der Waals surface area contributed by atoms with Crippen LogP contribution in [0.5, 0.6) is 5.75 Å². The van der Waals surface area contributed by atoms with Gasteiger partial charge in [0, 0.05) is 0 Å². The quantitative estimate of drug-likeness (QED) is 0.553. The Morgan fingerprint density at radius 1 is 1.00 bits per heavy atom. The summed E-state index contributed by atoms with van der Waals surface area (Å²) >= 11 is 0. The molecule has 1 saturated heterocycles. The second kappa shape index (κ2) is 11.8. The molecule has 0 saturated carbocycles. The number of piperidine rings is 1. The fraction of sp³-hybridized carbons (Fsp3) is 0.345. The van der Waals surface area contributed by atoms with Gasteiger partial charge in [-0.2, -0.15) is 5.26 Å². The molecule has 2 aliphatic heterocycles. The van der Waals surface area contributed by atoms with E-state index >= 15 is 0 Å². The van der Waals surface area contributed by atoms with Crippen molar-refractivity contribution in [3.05, 3.63) is 82.8 Å². The van der Waals surface area contributed by atoms with E-state index in [1.165, 1.54) is 19.1 Å². The number of nitriles is 1. The first kappa shape index (κ1) is 26.8. The number of anilines is 1. The van der Waals surface area contributed by atoms with E-state index in [1.807, 2.05) is 12.1 Å². The van der Waals surface area contributed by atoms with Gasteiger partial charge < -0.3 is 24.8 Å². The smallest absolute Gasteiger partial charge is 0.355 e. The number of hydrogen-bond acceptors (Lipinski definition) is 9. The van der Waals surface area contributed by atoms with Crippen LogP contribution in [0.25, 0.3) is 0 Å². The highest BCUT2D eigenvalue weighted by molar-refractivity contribution is 6.06. The van der Waals surface area contributed by atoms with Crippen molar-refractivity contribution in [2.24, 2.45) is 11.7 Å². The van der Waals surface area contributed by atoms with Crippen LogP contribution >= 0.6 is 0 Å².